The summed E-state index contributed by atoms with van der Waals surface area (Å²) in [6.45, 7) is 0.754. The maximum Gasteiger partial charge on any atom is 0.337 e. The smallest absolute Gasteiger partial charge is 0.337 e. The molecule has 0 amide bonds. The molecule has 0 aromatic heterocycles. The van der Waals surface area contributed by atoms with E-state index < -0.39 is 16.0 Å². The van der Waals surface area contributed by atoms with Gasteiger partial charge in [0.2, 0.25) is 16.8 Å². The molecule has 2 aromatic rings. The molecule has 0 atom stereocenters. The Labute approximate surface area is 163 Å². The number of methoxy groups -OCH3 is 1. The van der Waals surface area contributed by atoms with Gasteiger partial charge in [0, 0.05) is 19.0 Å². The predicted octanol–water partition coefficient (Wildman–Crippen LogP) is 2.44. The topological polar surface area (TPSA) is 91.4 Å². The number of esters is 1. The number of carbonyl (C=O) groups is 1. The van der Waals surface area contributed by atoms with Gasteiger partial charge >= 0.3 is 5.97 Å². The summed E-state index contributed by atoms with van der Waals surface area (Å²) >= 11 is 0. The highest BCUT2D eigenvalue weighted by Crippen LogP contribution is 2.35. The molecule has 0 spiro atoms. The van der Waals surface area contributed by atoms with Crippen molar-refractivity contribution in [3.8, 4) is 17.2 Å². The standard InChI is InChI=1S/C19H21NO7S/c1-24-19(21)14-4-6-15(7-5-14)20(28(2,22)23)10-3-11-25-16-8-9-17-18(12-16)27-13-26-17/h4-9,12H,3,10-11,13H2,1-2H3. The highest BCUT2D eigenvalue weighted by molar-refractivity contribution is 7.92. The van der Waals surface area contributed by atoms with Gasteiger partial charge in [-0.15, -0.1) is 0 Å². The maximum absolute atomic E-state index is 12.2. The molecule has 3 rings (SSSR count). The van der Waals surface area contributed by atoms with Crippen molar-refractivity contribution in [3.05, 3.63) is 48.0 Å². The number of sulfonamides is 1. The minimum Gasteiger partial charge on any atom is -0.493 e. The van der Waals surface area contributed by atoms with Crippen molar-refractivity contribution >= 4 is 21.7 Å². The molecule has 0 radical (unpaired) electrons. The van der Waals surface area contributed by atoms with Gasteiger partial charge in [-0.3, -0.25) is 4.31 Å². The van der Waals surface area contributed by atoms with Gasteiger partial charge in [-0.2, -0.15) is 0 Å². The fraction of sp³-hybridized carbons (Fsp3) is 0.316. The fourth-order valence-corrected chi connectivity index (χ4v) is 3.70. The van der Waals surface area contributed by atoms with E-state index in [-0.39, 0.29) is 13.3 Å². The van der Waals surface area contributed by atoms with Gasteiger partial charge in [-0.05, 0) is 36.4 Å². The molecule has 0 bridgehead atoms. The zero-order chi connectivity index (χ0) is 20.1. The number of nitrogens with zero attached hydrogens (tertiary/aromatic N) is 1. The minimum atomic E-state index is -3.48. The molecule has 1 aliphatic heterocycles. The van der Waals surface area contributed by atoms with E-state index in [0.29, 0.717) is 41.5 Å². The summed E-state index contributed by atoms with van der Waals surface area (Å²) in [5.74, 6) is 1.44. The third-order valence-electron chi connectivity index (χ3n) is 4.10. The van der Waals surface area contributed by atoms with Crippen molar-refractivity contribution in [1.29, 1.82) is 0 Å². The van der Waals surface area contributed by atoms with Crippen molar-refractivity contribution in [2.75, 3.05) is 37.6 Å². The van der Waals surface area contributed by atoms with E-state index in [0.717, 1.165) is 6.26 Å². The van der Waals surface area contributed by atoms with Gasteiger partial charge in [0.05, 0.1) is 31.2 Å². The lowest BCUT2D eigenvalue weighted by molar-refractivity contribution is 0.0600. The van der Waals surface area contributed by atoms with Crippen LogP contribution in [0.1, 0.15) is 16.8 Å². The van der Waals surface area contributed by atoms with Gasteiger partial charge in [0.1, 0.15) is 5.75 Å². The number of anilines is 1. The van der Waals surface area contributed by atoms with E-state index in [4.69, 9.17) is 14.2 Å². The molecule has 150 valence electrons. The molecule has 0 aliphatic carbocycles. The lowest BCUT2D eigenvalue weighted by Gasteiger charge is -2.22. The zero-order valence-electron chi connectivity index (χ0n) is 15.6. The number of hydrogen-bond donors (Lipinski definition) is 0. The van der Waals surface area contributed by atoms with Crippen LogP contribution >= 0.6 is 0 Å². The second-order valence-electron chi connectivity index (χ2n) is 6.09. The Hall–Kier alpha value is -2.94. The molecule has 28 heavy (non-hydrogen) atoms. The zero-order valence-corrected chi connectivity index (χ0v) is 16.4. The monoisotopic (exact) mass is 407 g/mol. The third kappa shape index (κ3) is 4.66. The summed E-state index contributed by atoms with van der Waals surface area (Å²) in [6.07, 6.45) is 1.61. The average Bonchev–Trinajstić information content (AvgIpc) is 3.14. The molecular formula is C19H21NO7S. The first kappa shape index (κ1) is 19.8. The lowest BCUT2D eigenvalue weighted by Crippen LogP contribution is -2.31. The highest BCUT2D eigenvalue weighted by atomic mass is 32.2. The minimum absolute atomic E-state index is 0.191. The Balaban J connectivity index is 1.60. The molecule has 2 aromatic carbocycles. The number of ether oxygens (including phenoxy) is 4. The predicted molar refractivity (Wildman–Crippen MR) is 103 cm³/mol. The summed E-state index contributed by atoms with van der Waals surface area (Å²) in [5, 5.41) is 0. The molecule has 9 heteroatoms. The van der Waals surface area contributed by atoms with Crippen LogP contribution < -0.4 is 18.5 Å². The van der Waals surface area contributed by atoms with Crippen molar-refractivity contribution < 1.29 is 32.2 Å². The normalized spacial score (nSPS) is 12.5. The van der Waals surface area contributed by atoms with Crippen molar-refractivity contribution in [3.63, 3.8) is 0 Å². The van der Waals surface area contributed by atoms with E-state index in [9.17, 15) is 13.2 Å². The van der Waals surface area contributed by atoms with E-state index in [1.807, 2.05) is 0 Å². The molecule has 8 nitrogen and oxygen atoms in total. The second kappa shape index (κ2) is 8.39. The van der Waals surface area contributed by atoms with Gasteiger partial charge < -0.3 is 18.9 Å². The lowest BCUT2D eigenvalue weighted by atomic mass is 10.2. The van der Waals surface area contributed by atoms with Crippen LogP contribution in [0.5, 0.6) is 17.2 Å². The van der Waals surface area contributed by atoms with Crippen molar-refractivity contribution in [1.82, 2.24) is 0 Å². The maximum atomic E-state index is 12.2. The third-order valence-corrected chi connectivity index (χ3v) is 5.29. The van der Waals surface area contributed by atoms with Gasteiger partial charge in [0.25, 0.3) is 0 Å². The number of hydrogen-bond acceptors (Lipinski definition) is 7. The van der Waals surface area contributed by atoms with Crippen LogP contribution in [0.4, 0.5) is 5.69 Å². The molecule has 0 saturated carbocycles. The summed E-state index contributed by atoms with van der Waals surface area (Å²) in [5.41, 5.74) is 0.823. The van der Waals surface area contributed by atoms with Crippen LogP contribution in [0, 0.1) is 0 Å². The summed E-state index contributed by atoms with van der Waals surface area (Å²) < 4.78 is 46.5. The molecule has 1 aliphatic rings. The van der Waals surface area contributed by atoms with Crippen LogP contribution in [0.2, 0.25) is 0 Å². The Bertz CT molecular complexity index is 941. The Kier molecular flexibility index (Phi) is 5.93. The molecular weight excluding hydrogens is 386 g/mol. The van der Waals surface area contributed by atoms with Gasteiger partial charge in [-0.1, -0.05) is 0 Å². The largest absolute Gasteiger partial charge is 0.493 e. The SMILES string of the molecule is COC(=O)c1ccc(N(CCCOc2ccc3c(c2)OCO3)S(C)(=O)=O)cc1. The van der Waals surface area contributed by atoms with E-state index >= 15 is 0 Å². The number of rotatable bonds is 8. The van der Waals surface area contributed by atoms with Crippen LogP contribution in [0.15, 0.2) is 42.5 Å². The highest BCUT2D eigenvalue weighted by Gasteiger charge is 2.18. The van der Waals surface area contributed by atoms with Crippen LogP contribution in [0.3, 0.4) is 0 Å². The summed E-state index contributed by atoms with van der Waals surface area (Å²) in [4.78, 5) is 11.5. The van der Waals surface area contributed by atoms with Crippen LogP contribution in [-0.4, -0.2) is 47.7 Å². The number of carbonyl (C=O) groups excluding carboxylic acids is 1. The van der Waals surface area contributed by atoms with Crippen LogP contribution in [0.25, 0.3) is 0 Å². The molecule has 0 fully saturated rings. The van der Waals surface area contributed by atoms with E-state index in [1.165, 1.54) is 23.5 Å². The van der Waals surface area contributed by atoms with Crippen molar-refractivity contribution in [2.45, 2.75) is 6.42 Å². The first-order chi connectivity index (χ1) is 13.4. The molecule has 0 unspecified atom stereocenters. The molecule has 0 saturated heterocycles. The Morgan fingerprint density at radius 1 is 1.11 bits per heavy atom. The average molecular weight is 407 g/mol. The first-order valence-electron chi connectivity index (χ1n) is 8.57. The van der Waals surface area contributed by atoms with Gasteiger partial charge in [0.15, 0.2) is 11.5 Å². The summed E-state index contributed by atoms with van der Waals surface area (Å²) in [7, 11) is -2.19. The first-order valence-corrected chi connectivity index (χ1v) is 10.4. The second-order valence-corrected chi connectivity index (χ2v) is 8.00. The quantitative estimate of drug-likeness (QED) is 0.490. The van der Waals surface area contributed by atoms with E-state index in [2.05, 4.69) is 4.74 Å². The molecule has 1 heterocycles. The van der Waals surface area contributed by atoms with Crippen LogP contribution in [-0.2, 0) is 14.8 Å². The number of fused-ring (bicyclic) bond motifs is 1. The van der Waals surface area contributed by atoms with Crippen molar-refractivity contribution in [2.24, 2.45) is 0 Å². The Morgan fingerprint density at radius 3 is 2.50 bits per heavy atom. The fourth-order valence-electron chi connectivity index (χ4n) is 2.73. The van der Waals surface area contributed by atoms with Gasteiger partial charge in [-0.25, -0.2) is 13.2 Å². The molecule has 0 N–H and O–H groups in total. The van der Waals surface area contributed by atoms with E-state index in [1.54, 1.807) is 30.3 Å². The number of benzene rings is 2. The Morgan fingerprint density at radius 2 is 1.82 bits per heavy atom. The summed E-state index contributed by atoms with van der Waals surface area (Å²) in [6, 6.07) is 11.5.